The first-order valence-electron chi connectivity index (χ1n) is 24.3. The quantitative estimate of drug-likeness (QED) is 0.0443. The zero-order valence-electron chi connectivity index (χ0n) is 40.7. The van der Waals surface area contributed by atoms with E-state index in [9.17, 15) is 33.6 Å². The van der Waals surface area contributed by atoms with E-state index in [0.29, 0.717) is 24.9 Å². The number of amides is 7. The van der Waals surface area contributed by atoms with Gasteiger partial charge < -0.3 is 54.4 Å². The molecule has 4 aromatic carbocycles. The highest BCUT2D eigenvalue weighted by molar-refractivity contribution is 5.98. The monoisotopic (exact) mass is 962 g/mol. The molecule has 18 heteroatoms. The number of nitrogens with zero attached hydrogens (tertiary/aromatic N) is 1. The number of aliphatic imine (C=N–C) groups is 1. The molecule has 376 valence electrons. The van der Waals surface area contributed by atoms with E-state index < -0.39 is 84.1 Å². The minimum atomic E-state index is -1.26. The van der Waals surface area contributed by atoms with E-state index >= 15 is 0 Å². The average molecular weight is 962 g/mol. The minimum absolute atomic E-state index is 0.00285. The van der Waals surface area contributed by atoms with Gasteiger partial charge in [-0.2, -0.15) is 0 Å². The number of carbonyl (C=O) groups excluding carboxylic acids is 7. The van der Waals surface area contributed by atoms with Crippen LogP contribution in [0, 0.1) is 11.8 Å². The second kappa shape index (κ2) is 26.6. The molecule has 0 radical (unpaired) electrons. The summed E-state index contributed by atoms with van der Waals surface area (Å²) in [6.07, 6.45) is 1.82. The molecule has 7 amide bonds. The van der Waals surface area contributed by atoms with Crippen LogP contribution in [-0.2, 0) is 46.4 Å². The standard InChI is InChI=1S/C52H71N11O7/c1-31(2)24-41-49(68)60-40(17-11-23-56-52(54)55)48(67)63-44(29-34-19-21-36-13-6-8-15-38(36)27-34)51(70)61-42(25-32(3)4)50(69)59-39(16-9-10-22-53)47(66)62-43(46(65)57-30-45(64)58-41)28-33-18-20-35-12-5-7-14-37(35)26-33/h5-8,12-15,18-21,26-27,31-32,39-44H,9-11,16-17,22-25,28-30,53H2,1-4H3,(H,57,65)(H,58,64)(H,59,69)(H,60,68)(H,61,70)(H,62,66)(H,63,67)(H4,54,55,56)/t39-,40-,41-,42-,43-,44-/m0/s1. The number of nitrogens with two attached hydrogens (primary N) is 3. The maximum Gasteiger partial charge on any atom is 0.243 e. The molecule has 1 fully saturated rings. The summed E-state index contributed by atoms with van der Waals surface area (Å²) < 4.78 is 0. The number of fused-ring (bicyclic) bond motifs is 2. The summed E-state index contributed by atoms with van der Waals surface area (Å²) in [5.74, 6) is -5.10. The van der Waals surface area contributed by atoms with E-state index in [2.05, 4.69) is 42.2 Å². The van der Waals surface area contributed by atoms with Crippen molar-refractivity contribution in [3.05, 3.63) is 96.1 Å². The van der Waals surface area contributed by atoms with E-state index in [1.807, 2.05) is 113 Å². The first kappa shape index (κ1) is 53.9. The second-order valence-electron chi connectivity index (χ2n) is 18.9. The van der Waals surface area contributed by atoms with Gasteiger partial charge in [0.25, 0.3) is 0 Å². The van der Waals surface area contributed by atoms with Crippen molar-refractivity contribution in [3.8, 4) is 0 Å². The van der Waals surface area contributed by atoms with Crippen LogP contribution < -0.4 is 54.4 Å². The Balaban J connectivity index is 1.56. The fourth-order valence-corrected chi connectivity index (χ4v) is 8.46. The lowest BCUT2D eigenvalue weighted by Gasteiger charge is -2.28. The largest absolute Gasteiger partial charge is 0.370 e. The van der Waals surface area contributed by atoms with Crippen molar-refractivity contribution >= 4 is 68.9 Å². The molecule has 70 heavy (non-hydrogen) atoms. The number of hydrogen-bond donors (Lipinski definition) is 10. The van der Waals surface area contributed by atoms with Crippen LogP contribution >= 0.6 is 0 Å². The predicted molar refractivity (Wildman–Crippen MR) is 272 cm³/mol. The Morgan fingerprint density at radius 1 is 0.514 bits per heavy atom. The summed E-state index contributed by atoms with van der Waals surface area (Å²) in [6.45, 7) is 7.42. The first-order valence-corrected chi connectivity index (χ1v) is 24.3. The van der Waals surface area contributed by atoms with Crippen LogP contribution in [0.5, 0.6) is 0 Å². The average Bonchev–Trinajstić information content (AvgIpc) is 3.32. The van der Waals surface area contributed by atoms with Crippen LogP contribution in [0.4, 0.5) is 0 Å². The molecule has 18 nitrogen and oxygen atoms in total. The van der Waals surface area contributed by atoms with Gasteiger partial charge in [0, 0.05) is 19.4 Å². The van der Waals surface area contributed by atoms with Gasteiger partial charge in [0.15, 0.2) is 5.96 Å². The Bertz CT molecular complexity index is 2490. The lowest BCUT2D eigenvalue weighted by Crippen LogP contribution is -2.60. The SMILES string of the molecule is CC(C)C[C@@H]1NC(=O)CNC(=O)[C@H](Cc2ccc3ccccc3c2)NC(=O)[C@H](CCCCN)NC(=O)[C@H](CC(C)C)NC(=O)[C@H](Cc2ccc3ccccc3c2)NC(=O)[C@H](CCCN=C(N)N)NC1=O. The highest BCUT2D eigenvalue weighted by Gasteiger charge is 2.34. The van der Waals surface area contributed by atoms with E-state index in [1.165, 1.54) is 0 Å². The van der Waals surface area contributed by atoms with E-state index in [1.54, 1.807) is 0 Å². The van der Waals surface area contributed by atoms with Crippen molar-refractivity contribution in [2.45, 2.75) is 122 Å². The van der Waals surface area contributed by atoms with Gasteiger partial charge in [-0.05, 0) is 96.0 Å². The summed E-state index contributed by atoms with van der Waals surface area (Å²) in [7, 11) is 0. The lowest BCUT2D eigenvalue weighted by molar-refractivity contribution is -0.135. The van der Waals surface area contributed by atoms with E-state index in [-0.39, 0.29) is 69.3 Å². The third-order valence-corrected chi connectivity index (χ3v) is 12.1. The molecule has 1 heterocycles. The van der Waals surface area contributed by atoms with E-state index in [4.69, 9.17) is 17.2 Å². The number of hydrogen-bond acceptors (Lipinski definition) is 9. The van der Waals surface area contributed by atoms with Gasteiger partial charge in [0.05, 0.1) is 6.54 Å². The van der Waals surface area contributed by atoms with Crippen LogP contribution in [0.2, 0.25) is 0 Å². The van der Waals surface area contributed by atoms with Crippen molar-refractivity contribution in [3.63, 3.8) is 0 Å². The molecule has 1 saturated heterocycles. The van der Waals surface area contributed by atoms with Gasteiger partial charge >= 0.3 is 0 Å². The molecular formula is C52H71N11O7. The summed E-state index contributed by atoms with van der Waals surface area (Å²) in [5.41, 5.74) is 18.4. The van der Waals surface area contributed by atoms with Crippen LogP contribution in [0.25, 0.3) is 21.5 Å². The fraction of sp³-hybridized carbons (Fsp3) is 0.462. The van der Waals surface area contributed by atoms with Gasteiger partial charge in [0.1, 0.15) is 36.3 Å². The van der Waals surface area contributed by atoms with Crippen LogP contribution in [0.3, 0.4) is 0 Å². The van der Waals surface area contributed by atoms with Crippen molar-refractivity contribution in [1.29, 1.82) is 0 Å². The third-order valence-electron chi connectivity index (χ3n) is 12.1. The van der Waals surface area contributed by atoms with Gasteiger partial charge in [-0.1, -0.05) is 113 Å². The van der Waals surface area contributed by atoms with Crippen LogP contribution in [-0.4, -0.2) is 103 Å². The van der Waals surface area contributed by atoms with Crippen molar-refractivity contribution in [2.24, 2.45) is 34.0 Å². The number of benzene rings is 4. The first-order chi connectivity index (χ1) is 33.5. The topological polar surface area (TPSA) is 294 Å². The fourth-order valence-electron chi connectivity index (χ4n) is 8.46. The zero-order valence-corrected chi connectivity index (χ0v) is 40.7. The Morgan fingerprint density at radius 3 is 1.41 bits per heavy atom. The summed E-state index contributed by atoms with van der Waals surface area (Å²) in [4.78, 5) is 104. The molecule has 0 spiro atoms. The third kappa shape index (κ3) is 16.9. The van der Waals surface area contributed by atoms with Gasteiger partial charge in [-0.25, -0.2) is 0 Å². The summed E-state index contributed by atoms with van der Waals surface area (Å²) >= 11 is 0. The normalized spacial score (nSPS) is 21.4. The van der Waals surface area contributed by atoms with Gasteiger partial charge in [-0.15, -0.1) is 0 Å². The molecule has 0 unspecified atom stereocenters. The smallest absolute Gasteiger partial charge is 0.243 e. The van der Waals surface area contributed by atoms with Gasteiger partial charge in [-0.3, -0.25) is 38.6 Å². The van der Waals surface area contributed by atoms with Crippen molar-refractivity contribution in [1.82, 2.24) is 37.2 Å². The summed E-state index contributed by atoms with van der Waals surface area (Å²) in [5, 5.41) is 23.4. The minimum Gasteiger partial charge on any atom is -0.370 e. The Kier molecular flexibility index (Phi) is 20.5. The molecule has 13 N–H and O–H groups in total. The Hall–Kier alpha value is -7.08. The molecule has 0 bridgehead atoms. The number of nitrogens with one attached hydrogen (secondary N) is 7. The molecule has 1 aliphatic heterocycles. The molecule has 0 saturated carbocycles. The van der Waals surface area contributed by atoms with E-state index in [0.717, 1.165) is 27.1 Å². The molecule has 0 aromatic heterocycles. The van der Waals surface area contributed by atoms with Gasteiger partial charge in [0.2, 0.25) is 41.4 Å². The molecule has 5 rings (SSSR count). The van der Waals surface area contributed by atoms with Crippen LogP contribution in [0.15, 0.2) is 89.9 Å². The Labute approximate surface area is 409 Å². The molecular weight excluding hydrogens is 891 g/mol. The van der Waals surface area contributed by atoms with Crippen LogP contribution in [0.1, 0.15) is 83.8 Å². The number of rotatable bonds is 16. The van der Waals surface area contributed by atoms with Crippen molar-refractivity contribution in [2.75, 3.05) is 19.6 Å². The number of carbonyl (C=O) groups is 7. The maximum absolute atomic E-state index is 14.7. The van der Waals surface area contributed by atoms with Crippen molar-refractivity contribution < 1.29 is 33.6 Å². The summed E-state index contributed by atoms with van der Waals surface area (Å²) in [6, 6.07) is 19.6. The molecule has 1 aliphatic rings. The molecule has 6 atom stereocenters. The zero-order chi connectivity index (χ0) is 50.7. The highest BCUT2D eigenvalue weighted by atomic mass is 16.2. The Morgan fingerprint density at radius 2 is 0.929 bits per heavy atom. The molecule has 4 aromatic rings. The number of guanidine groups is 1. The molecule has 0 aliphatic carbocycles. The second-order valence-corrected chi connectivity index (χ2v) is 18.9. The number of unbranched alkanes of at least 4 members (excludes halogenated alkanes) is 1. The maximum atomic E-state index is 14.7. The predicted octanol–water partition coefficient (Wildman–Crippen LogP) is 2.09. The highest BCUT2D eigenvalue weighted by Crippen LogP contribution is 2.20. The lowest BCUT2D eigenvalue weighted by atomic mass is 9.98.